The van der Waals surface area contributed by atoms with Gasteiger partial charge in [0.2, 0.25) is 0 Å². The van der Waals surface area contributed by atoms with Crippen LogP contribution in [0.4, 0.5) is 10.1 Å². The van der Waals surface area contributed by atoms with Crippen LogP contribution in [0.1, 0.15) is 12.5 Å². The number of benzene rings is 3. The van der Waals surface area contributed by atoms with Crippen molar-refractivity contribution in [2.75, 3.05) is 6.61 Å². The summed E-state index contributed by atoms with van der Waals surface area (Å²) in [4.78, 5) is 16.5. The zero-order valence-electron chi connectivity index (χ0n) is 14.7. The monoisotopic (exact) mass is 363 g/mol. The van der Waals surface area contributed by atoms with Gasteiger partial charge >= 0.3 is 5.97 Å². The third-order valence-electron chi connectivity index (χ3n) is 3.96. The van der Waals surface area contributed by atoms with Crippen molar-refractivity contribution in [3.8, 4) is 0 Å². The van der Waals surface area contributed by atoms with Gasteiger partial charge in [-0.3, -0.25) is 4.99 Å². The summed E-state index contributed by atoms with van der Waals surface area (Å²) in [5, 5.41) is 12.6. The van der Waals surface area contributed by atoms with Crippen molar-refractivity contribution in [1.29, 1.82) is 0 Å². The second-order valence-electron chi connectivity index (χ2n) is 5.74. The normalized spacial score (nSPS) is 12.2. The lowest BCUT2D eigenvalue weighted by atomic mass is 10.0. The summed E-state index contributed by atoms with van der Waals surface area (Å²) in [6.07, 6.45) is 1.24. The summed E-state index contributed by atoms with van der Waals surface area (Å²) >= 11 is 0. The maximum atomic E-state index is 13.0. The quantitative estimate of drug-likeness (QED) is 0.293. The highest BCUT2D eigenvalue weighted by atomic mass is 19.1. The van der Waals surface area contributed by atoms with E-state index in [1.54, 1.807) is 19.1 Å². The minimum absolute atomic E-state index is 0.0717. The Kier molecular flexibility index (Phi) is 5.61. The summed E-state index contributed by atoms with van der Waals surface area (Å²) < 4.78 is 18.1. The minimum Gasteiger partial charge on any atom is -0.506 e. The molecule has 3 rings (SSSR count). The van der Waals surface area contributed by atoms with Crippen LogP contribution in [0.25, 0.3) is 16.5 Å². The van der Waals surface area contributed by atoms with Gasteiger partial charge in [0.25, 0.3) is 0 Å². The SMILES string of the molecule is CCOC(=O)/C(C=Nc1ccc(F)cc1)=C(/O)c1cccc2ccccc12. The number of rotatable bonds is 5. The number of aliphatic hydroxyl groups is 1. The molecule has 3 aromatic rings. The lowest BCUT2D eigenvalue weighted by Gasteiger charge is -2.09. The number of hydrogen-bond donors (Lipinski definition) is 1. The number of nitrogens with zero attached hydrogens (tertiary/aromatic N) is 1. The van der Waals surface area contributed by atoms with E-state index in [0.717, 1.165) is 10.8 Å². The largest absolute Gasteiger partial charge is 0.506 e. The molecule has 0 saturated heterocycles. The number of carbonyl (C=O) groups excluding carboxylic acids is 1. The van der Waals surface area contributed by atoms with Crippen molar-refractivity contribution in [2.45, 2.75) is 6.92 Å². The zero-order valence-corrected chi connectivity index (χ0v) is 14.7. The fourth-order valence-electron chi connectivity index (χ4n) is 2.66. The van der Waals surface area contributed by atoms with Crippen LogP contribution in [0.15, 0.2) is 77.3 Å². The van der Waals surface area contributed by atoms with Gasteiger partial charge in [-0.1, -0.05) is 42.5 Å². The molecule has 4 nitrogen and oxygen atoms in total. The third kappa shape index (κ3) is 4.20. The first-order valence-corrected chi connectivity index (χ1v) is 8.48. The molecule has 0 heterocycles. The van der Waals surface area contributed by atoms with E-state index in [4.69, 9.17) is 4.74 Å². The van der Waals surface area contributed by atoms with E-state index in [-0.39, 0.29) is 23.8 Å². The molecule has 27 heavy (non-hydrogen) atoms. The molecule has 0 aliphatic rings. The van der Waals surface area contributed by atoms with E-state index in [1.807, 2.05) is 30.3 Å². The predicted octanol–water partition coefficient (Wildman–Crippen LogP) is 5.21. The molecule has 0 radical (unpaired) electrons. The molecule has 0 aliphatic heterocycles. The lowest BCUT2D eigenvalue weighted by Crippen LogP contribution is -2.11. The first-order valence-electron chi connectivity index (χ1n) is 8.48. The van der Waals surface area contributed by atoms with Gasteiger partial charge in [0.15, 0.2) is 0 Å². The second kappa shape index (κ2) is 8.27. The number of aliphatic hydroxyl groups excluding tert-OH is 1. The van der Waals surface area contributed by atoms with E-state index in [2.05, 4.69) is 4.99 Å². The van der Waals surface area contributed by atoms with Crippen molar-refractivity contribution in [1.82, 2.24) is 0 Å². The summed E-state index contributed by atoms with van der Waals surface area (Å²) in [7, 11) is 0. The number of ether oxygens (including phenoxy) is 1. The van der Waals surface area contributed by atoms with E-state index in [9.17, 15) is 14.3 Å². The Morgan fingerprint density at radius 1 is 1.07 bits per heavy atom. The Bertz CT molecular complexity index is 1020. The Morgan fingerprint density at radius 3 is 2.52 bits per heavy atom. The van der Waals surface area contributed by atoms with Crippen LogP contribution >= 0.6 is 0 Å². The molecule has 0 fully saturated rings. The first kappa shape index (κ1) is 18.3. The van der Waals surface area contributed by atoms with Crippen LogP contribution in [-0.2, 0) is 9.53 Å². The molecule has 0 atom stereocenters. The molecule has 0 saturated carbocycles. The summed E-state index contributed by atoms with van der Waals surface area (Å²) in [6.45, 7) is 1.84. The summed E-state index contributed by atoms with van der Waals surface area (Å²) in [6, 6.07) is 18.5. The third-order valence-corrected chi connectivity index (χ3v) is 3.96. The lowest BCUT2D eigenvalue weighted by molar-refractivity contribution is -0.137. The number of fused-ring (bicyclic) bond motifs is 1. The topological polar surface area (TPSA) is 58.9 Å². The molecule has 0 amide bonds. The molecule has 0 spiro atoms. The number of aliphatic imine (C=N–C) groups is 1. The molecule has 0 aliphatic carbocycles. The van der Waals surface area contributed by atoms with Crippen molar-refractivity contribution in [3.05, 3.63) is 83.7 Å². The van der Waals surface area contributed by atoms with Crippen LogP contribution in [0.5, 0.6) is 0 Å². The molecule has 3 aromatic carbocycles. The standard InChI is InChI=1S/C22H18FNO3/c1-2-27-22(26)20(14-24-17-12-10-16(23)11-13-17)21(25)19-9-5-7-15-6-3-4-8-18(15)19/h3-14,25H,2H2,1H3/b21-20+,24-14?. The minimum atomic E-state index is -0.686. The van der Waals surface area contributed by atoms with Gasteiger partial charge in [0, 0.05) is 11.8 Å². The first-order chi connectivity index (χ1) is 13.1. The molecule has 5 heteroatoms. The molecular formula is C22H18FNO3. The van der Waals surface area contributed by atoms with Crippen LogP contribution in [-0.4, -0.2) is 23.9 Å². The second-order valence-corrected chi connectivity index (χ2v) is 5.74. The molecule has 0 aromatic heterocycles. The summed E-state index contributed by atoms with van der Waals surface area (Å²) in [5.74, 6) is -1.29. The Morgan fingerprint density at radius 2 is 1.78 bits per heavy atom. The van der Waals surface area contributed by atoms with E-state index in [0.29, 0.717) is 11.3 Å². The van der Waals surface area contributed by atoms with Crippen LogP contribution in [0.2, 0.25) is 0 Å². The molecule has 0 unspecified atom stereocenters. The predicted molar refractivity (Wildman–Crippen MR) is 105 cm³/mol. The van der Waals surface area contributed by atoms with E-state index < -0.39 is 5.97 Å². The summed E-state index contributed by atoms with van der Waals surface area (Å²) in [5.41, 5.74) is 0.878. The average molecular weight is 363 g/mol. The van der Waals surface area contributed by atoms with E-state index >= 15 is 0 Å². The van der Waals surface area contributed by atoms with Gasteiger partial charge in [-0.25, -0.2) is 9.18 Å². The highest BCUT2D eigenvalue weighted by Crippen LogP contribution is 2.26. The smallest absolute Gasteiger partial charge is 0.343 e. The maximum Gasteiger partial charge on any atom is 0.343 e. The maximum absolute atomic E-state index is 13.0. The number of hydrogen-bond acceptors (Lipinski definition) is 4. The molecule has 136 valence electrons. The van der Waals surface area contributed by atoms with Crippen molar-refractivity contribution in [2.24, 2.45) is 4.99 Å². The Hall–Kier alpha value is -3.47. The fourth-order valence-corrected chi connectivity index (χ4v) is 2.66. The highest BCUT2D eigenvalue weighted by Gasteiger charge is 2.17. The van der Waals surface area contributed by atoms with Gasteiger partial charge in [-0.05, 0) is 42.0 Å². The van der Waals surface area contributed by atoms with Crippen LogP contribution in [0, 0.1) is 5.82 Å². The number of esters is 1. The fraction of sp³-hybridized carbons (Fsp3) is 0.0909. The van der Waals surface area contributed by atoms with E-state index in [1.165, 1.54) is 30.5 Å². The van der Waals surface area contributed by atoms with Crippen molar-refractivity contribution in [3.63, 3.8) is 0 Å². The Labute approximate surface area is 156 Å². The average Bonchev–Trinajstić information content (AvgIpc) is 2.69. The molecule has 0 bridgehead atoms. The molecule has 1 N–H and O–H groups in total. The van der Waals surface area contributed by atoms with Gasteiger partial charge < -0.3 is 9.84 Å². The Balaban J connectivity index is 2.10. The van der Waals surface area contributed by atoms with Gasteiger partial charge in [-0.2, -0.15) is 0 Å². The van der Waals surface area contributed by atoms with Crippen LogP contribution < -0.4 is 0 Å². The zero-order chi connectivity index (χ0) is 19.2. The van der Waals surface area contributed by atoms with Crippen molar-refractivity contribution < 1.29 is 19.0 Å². The highest BCUT2D eigenvalue weighted by molar-refractivity contribution is 6.16. The number of halogens is 1. The van der Waals surface area contributed by atoms with Crippen molar-refractivity contribution >= 4 is 34.4 Å². The number of carbonyl (C=O) groups is 1. The van der Waals surface area contributed by atoms with Gasteiger partial charge in [0.1, 0.15) is 17.1 Å². The van der Waals surface area contributed by atoms with Gasteiger partial charge in [0.05, 0.1) is 12.3 Å². The van der Waals surface area contributed by atoms with Gasteiger partial charge in [-0.15, -0.1) is 0 Å². The van der Waals surface area contributed by atoms with Crippen LogP contribution in [0.3, 0.4) is 0 Å². The molecular weight excluding hydrogens is 345 g/mol.